The van der Waals surface area contributed by atoms with Gasteiger partial charge in [0.05, 0.1) is 32.5 Å². The normalized spacial score (nSPS) is 20.0. The van der Waals surface area contributed by atoms with Gasteiger partial charge in [-0.15, -0.1) is 0 Å². The highest BCUT2D eigenvalue weighted by Gasteiger charge is 2.36. The molecule has 186 valence electrons. The molecular formula is C27H31NO7. The van der Waals surface area contributed by atoms with E-state index in [1.165, 1.54) is 21.3 Å². The van der Waals surface area contributed by atoms with Crippen molar-refractivity contribution in [3.8, 4) is 0 Å². The Hall–Kier alpha value is -3.68. The van der Waals surface area contributed by atoms with E-state index in [0.717, 1.165) is 30.4 Å². The van der Waals surface area contributed by atoms with Crippen LogP contribution in [-0.4, -0.2) is 51.6 Å². The minimum Gasteiger partial charge on any atom is -0.465 e. The monoisotopic (exact) mass is 481 g/mol. The minimum atomic E-state index is -0.543. The standard InChI is InChI=1S/C27H31NO7/c1-17(25(29)32-2)28-35-16-24-22(18-8-12-20(13-9-18)26(30)33-3)6-5-7-23(24)19-10-14-21(15-11-19)27(31)34-4/h8-15,22-24H,5-7,16H2,1-4H3/b28-17+. The number of benzene rings is 2. The number of esters is 3. The van der Waals surface area contributed by atoms with Crippen LogP contribution >= 0.6 is 0 Å². The van der Waals surface area contributed by atoms with Gasteiger partial charge in [-0.25, -0.2) is 14.4 Å². The second kappa shape index (κ2) is 12.1. The van der Waals surface area contributed by atoms with Crippen LogP contribution in [-0.2, 0) is 23.8 Å². The first-order valence-electron chi connectivity index (χ1n) is 11.5. The Morgan fingerprint density at radius 2 is 1.23 bits per heavy atom. The molecule has 0 saturated heterocycles. The van der Waals surface area contributed by atoms with Gasteiger partial charge >= 0.3 is 17.9 Å². The molecule has 0 bridgehead atoms. The van der Waals surface area contributed by atoms with Crippen molar-refractivity contribution < 1.29 is 33.4 Å². The summed E-state index contributed by atoms with van der Waals surface area (Å²) in [5.74, 6) is -0.958. The van der Waals surface area contributed by atoms with Gasteiger partial charge in [-0.3, -0.25) is 0 Å². The summed E-state index contributed by atoms with van der Waals surface area (Å²) < 4.78 is 14.3. The average molecular weight is 482 g/mol. The fraction of sp³-hybridized carbons (Fsp3) is 0.407. The summed E-state index contributed by atoms with van der Waals surface area (Å²) in [6.45, 7) is 1.83. The second-order valence-electron chi connectivity index (χ2n) is 8.50. The molecule has 1 aliphatic rings. The first-order chi connectivity index (χ1) is 16.9. The maximum absolute atomic E-state index is 11.9. The minimum absolute atomic E-state index is 0.0471. The van der Waals surface area contributed by atoms with Gasteiger partial charge in [0, 0.05) is 5.92 Å². The van der Waals surface area contributed by atoms with Gasteiger partial charge in [-0.2, -0.15) is 0 Å². The number of methoxy groups -OCH3 is 3. The van der Waals surface area contributed by atoms with Gasteiger partial charge in [0.2, 0.25) is 0 Å². The molecule has 1 fully saturated rings. The van der Waals surface area contributed by atoms with Crippen LogP contribution in [0.15, 0.2) is 53.7 Å². The summed E-state index contributed by atoms with van der Waals surface area (Å²) in [5.41, 5.74) is 3.31. The number of nitrogens with zero attached hydrogens (tertiary/aromatic N) is 1. The highest BCUT2D eigenvalue weighted by Crippen LogP contribution is 2.46. The molecule has 35 heavy (non-hydrogen) atoms. The molecule has 0 heterocycles. The largest absolute Gasteiger partial charge is 0.465 e. The van der Waals surface area contributed by atoms with Gasteiger partial charge in [0.25, 0.3) is 0 Å². The molecule has 0 aromatic heterocycles. The predicted octanol–water partition coefficient (Wildman–Crippen LogP) is 4.49. The summed E-state index contributed by atoms with van der Waals surface area (Å²) in [7, 11) is 4.01. The number of carbonyl (C=O) groups is 3. The Morgan fingerprint density at radius 1 is 0.771 bits per heavy atom. The van der Waals surface area contributed by atoms with E-state index in [9.17, 15) is 14.4 Å². The van der Waals surface area contributed by atoms with Gasteiger partial charge in [0.1, 0.15) is 6.61 Å². The Labute approximate surface area is 205 Å². The van der Waals surface area contributed by atoms with E-state index in [1.54, 1.807) is 31.2 Å². The lowest BCUT2D eigenvalue weighted by molar-refractivity contribution is -0.133. The lowest BCUT2D eigenvalue weighted by atomic mass is 9.67. The molecular weight excluding hydrogens is 450 g/mol. The van der Waals surface area contributed by atoms with Crippen molar-refractivity contribution in [2.45, 2.75) is 38.0 Å². The van der Waals surface area contributed by atoms with E-state index >= 15 is 0 Å². The molecule has 1 saturated carbocycles. The number of hydrogen-bond donors (Lipinski definition) is 0. The molecule has 2 atom stereocenters. The van der Waals surface area contributed by atoms with Crippen molar-refractivity contribution in [2.75, 3.05) is 27.9 Å². The van der Waals surface area contributed by atoms with Gasteiger partial charge < -0.3 is 19.0 Å². The van der Waals surface area contributed by atoms with Crippen LogP contribution in [0.25, 0.3) is 0 Å². The maximum Gasteiger partial charge on any atom is 0.355 e. The Bertz CT molecular complexity index is 992. The van der Waals surface area contributed by atoms with Crippen LogP contribution in [0.1, 0.15) is 69.9 Å². The summed E-state index contributed by atoms with van der Waals surface area (Å²) in [4.78, 5) is 41.1. The zero-order valence-corrected chi connectivity index (χ0v) is 20.5. The van der Waals surface area contributed by atoms with E-state index in [4.69, 9.17) is 14.3 Å². The van der Waals surface area contributed by atoms with Crippen molar-refractivity contribution in [3.05, 3.63) is 70.8 Å². The number of rotatable bonds is 8. The molecule has 0 radical (unpaired) electrons. The maximum atomic E-state index is 11.9. The lowest BCUT2D eigenvalue weighted by Gasteiger charge is -2.38. The number of hydrogen-bond acceptors (Lipinski definition) is 8. The zero-order valence-electron chi connectivity index (χ0n) is 20.5. The Kier molecular flexibility index (Phi) is 9.00. The van der Waals surface area contributed by atoms with E-state index in [-0.39, 0.29) is 35.4 Å². The summed E-state index contributed by atoms with van der Waals surface area (Å²) >= 11 is 0. The first kappa shape index (κ1) is 25.9. The molecule has 3 rings (SSSR count). The van der Waals surface area contributed by atoms with E-state index < -0.39 is 5.97 Å². The molecule has 0 N–H and O–H groups in total. The van der Waals surface area contributed by atoms with Crippen LogP contribution in [0.2, 0.25) is 0 Å². The zero-order chi connectivity index (χ0) is 25.4. The average Bonchev–Trinajstić information content (AvgIpc) is 2.91. The smallest absolute Gasteiger partial charge is 0.355 e. The van der Waals surface area contributed by atoms with Crippen molar-refractivity contribution in [1.82, 2.24) is 0 Å². The quantitative estimate of drug-likeness (QED) is 0.237. The number of ether oxygens (including phenoxy) is 3. The summed E-state index contributed by atoms with van der Waals surface area (Å²) in [6.07, 6.45) is 2.90. The molecule has 2 unspecified atom stereocenters. The van der Waals surface area contributed by atoms with E-state index in [0.29, 0.717) is 17.7 Å². The van der Waals surface area contributed by atoms with Gasteiger partial charge in [-0.05, 0) is 67.0 Å². The van der Waals surface area contributed by atoms with Crippen molar-refractivity contribution in [2.24, 2.45) is 11.1 Å². The van der Waals surface area contributed by atoms with Crippen LogP contribution < -0.4 is 0 Å². The summed E-state index contributed by atoms with van der Waals surface area (Å²) in [6, 6.07) is 14.9. The molecule has 8 heteroatoms. The van der Waals surface area contributed by atoms with Crippen molar-refractivity contribution in [1.29, 1.82) is 0 Å². The Balaban J connectivity index is 1.90. The number of oxime groups is 1. The lowest BCUT2D eigenvalue weighted by Crippen LogP contribution is -2.29. The highest BCUT2D eigenvalue weighted by atomic mass is 16.6. The summed E-state index contributed by atoms with van der Waals surface area (Å²) in [5, 5.41) is 3.96. The third-order valence-corrected chi connectivity index (χ3v) is 6.53. The first-order valence-corrected chi connectivity index (χ1v) is 11.5. The molecule has 8 nitrogen and oxygen atoms in total. The molecule has 0 spiro atoms. The van der Waals surface area contributed by atoms with E-state index in [1.807, 2.05) is 24.3 Å². The number of carbonyl (C=O) groups excluding carboxylic acids is 3. The highest BCUT2D eigenvalue weighted by molar-refractivity contribution is 6.35. The molecule has 1 aliphatic carbocycles. The predicted molar refractivity (Wildman–Crippen MR) is 129 cm³/mol. The van der Waals surface area contributed by atoms with Crippen LogP contribution in [0.5, 0.6) is 0 Å². The van der Waals surface area contributed by atoms with E-state index in [2.05, 4.69) is 9.89 Å². The second-order valence-corrected chi connectivity index (χ2v) is 8.50. The van der Waals surface area contributed by atoms with Crippen molar-refractivity contribution in [3.63, 3.8) is 0 Å². The van der Waals surface area contributed by atoms with Crippen LogP contribution in [0, 0.1) is 5.92 Å². The Morgan fingerprint density at radius 3 is 1.63 bits per heavy atom. The topological polar surface area (TPSA) is 100 Å². The molecule has 0 amide bonds. The van der Waals surface area contributed by atoms with Crippen LogP contribution in [0.3, 0.4) is 0 Å². The fourth-order valence-electron chi connectivity index (χ4n) is 4.70. The van der Waals surface area contributed by atoms with Gasteiger partial charge in [0.15, 0.2) is 5.71 Å². The molecule has 0 aliphatic heterocycles. The molecule has 2 aromatic rings. The van der Waals surface area contributed by atoms with Gasteiger partial charge in [-0.1, -0.05) is 35.8 Å². The molecule has 2 aromatic carbocycles. The van der Waals surface area contributed by atoms with Crippen LogP contribution in [0.4, 0.5) is 0 Å². The fourth-order valence-corrected chi connectivity index (χ4v) is 4.70. The van der Waals surface area contributed by atoms with Crippen molar-refractivity contribution >= 4 is 23.6 Å². The SMILES string of the molecule is COC(=O)/C(C)=N/OCC1C(c2ccc(C(=O)OC)cc2)CCCC1c1ccc(C(=O)OC)cc1. The third kappa shape index (κ3) is 6.26. The third-order valence-electron chi connectivity index (χ3n) is 6.53.